The highest BCUT2D eigenvalue weighted by molar-refractivity contribution is 7.15. The molecule has 4 aromatic rings. The van der Waals surface area contributed by atoms with E-state index in [2.05, 4.69) is 57.4 Å². The number of anilines is 2. The molecule has 2 aromatic heterocycles. The summed E-state index contributed by atoms with van der Waals surface area (Å²) in [6.07, 6.45) is 6.84. The molecule has 2 aliphatic rings. The fourth-order valence-electron chi connectivity index (χ4n) is 5.56. The smallest absolute Gasteiger partial charge is 0.322 e. The van der Waals surface area contributed by atoms with Gasteiger partial charge in [-0.1, -0.05) is 12.1 Å². The topological polar surface area (TPSA) is 49.7 Å². The van der Waals surface area contributed by atoms with E-state index < -0.39 is 0 Å². The van der Waals surface area contributed by atoms with Gasteiger partial charge in [0.1, 0.15) is 10.8 Å². The van der Waals surface area contributed by atoms with Crippen LogP contribution in [0.1, 0.15) is 46.1 Å². The molecule has 37 heavy (non-hydrogen) atoms. The first-order valence-electron chi connectivity index (χ1n) is 12.8. The van der Waals surface area contributed by atoms with E-state index in [1.165, 1.54) is 33.8 Å². The first kappa shape index (κ1) is 23.7. The summed E-state index contributed by atoms with van der Waals surface area (Å²) in [6.45, 7) is 0.574. The van der Waals surface area contributed by atoms with Gasteiger partial charge >= 0.3 is 6.03 Å². The van der Waals surface area contributed by atoms with Crippen molar-refractivity contribution in [2.45, 2.75) is 38.3 Å². The van der Waals surface area contributed by atoms with E-state index in [0.29, 0.717) is 6.54 Å². The Labute approximate surface area is 222 Å². The second-order valence-corrected chi connectivity index (χ2v) is 11.1. The molecule has 0 radical (unpaired) electrons. The maximum atomic E-state index is 14.0. The van der Waals surface area contributed by atoms with Crippen molar-refractivity contribution in [3.63, 3.8) is 0 Å². The highest BCUT2D eigenvalue weighted by Crippen LogP contribution is 2.44. The molecular formula is C30H32N4O2S. The number of ether oxygens (including phenoxy) is 1. The van der Waals surface area contributed by atoms with Crippen LogP contribution in [0.25, 0.3) is 5.00 Å². The lowest BCUT2D eigenvalue weighted by molar-refractivity contribution is 0.194. The monoisotopic (exact) mass is 512 g/mol. The molecule has 0 unspecified atom stereocenters. The largest absolute Gasteiger partial charge is 0.497 e. The summed E-state index contributed by atoms with van der Waals surface area (Å²) in [5.41, 5.74) is 6.85. The first-order chi connectivity index (χ1) is 18.0. The molecule has 190 valence electrons. The Hall–Kier alpha value is -3.71. The molecule has 2 aromatic carbocycles. The van der Waals surface area contributed by atoms with E-state index in [9.17, 15) is 4.79 Å². The summed E-state index contributed by atoms with van der Waals surface area (Å²) in [5, 5.41) is 4.43. The van der Waals surface area contributed by atoms with Gasteiger partial charge in [0.05, 0.1) is 25.4 Å². The molecule has 1 aliphatic carbocycles. The van der Waals surface area contributed by atoms with Crippen molar-refractivity contribution in [2.24, 2.45) is 0 Å². The average Bonchev–Trinajstić information content (AvgIpc) is 3.51. The molecule has 3 heterocycles. The number of aromatic nitrogens is 1. The molecule has 0 bridgehead atoms. The van der Waals surface area contributed by atoms with E-state index in [0.717, 1.165) is 41.2 Å². The molecule has 6 rings (SSSR count). The fraction of sp³-hybridized carbons (Fsp3) is 0.300. The Kier molecular flexibility index (Phi) is 6.16. The van der Waals surface area contributed by atoms with E-state index >= 15 is 0 Å². The molecule has 0 saturated heterocycles. The standard InChI is InChI=1S/C30H32N4O2S/c1-32(2)22-14-10-20(11-15-22)28-26-8-6-18-33(26)29-25(24-7-4-5-9-27(24)37-29)19-34(28)30(35)31-21-12-16-23(36-3)17-13-21/h6,8,10-18,28H,4-5,7,9,19H2,1-3H3,(H,31,35)/t28-/m1/s1. The van der Waals surface area contributed by atoms with E-state index in [-0.39, 0.29) is 12.1 Å². The maximum Gasteiger partial charge on any atom is 0.322 e. The molecule has 1 N–H and O–H groups in total. The van der Waals surface area contributed by atoms with Crippen LogP contribution in [0.5, 0.6) is 5.75 Å². The molecule has 7 heteroatoms. The number of fused-ring (bicyclic) bond motifs is 5. The van der Waals surface area contributed by atoms with Crippen LogP contribution in [0, 0.1) is 0 Å². The molecule has 6 nitrogen and oxygen atoms in total. The second kappa shape index (κ2) is 9.63. The molecule has 1 aliphatic heterocycles. The number of nitrogens with zero attached hydrogens (tertiary/aromatic N) is 3. The quantitative estimate of drug-likeness (QED) is 0.334. The minimum absolute atomic E-state index is 0.108. The third-order valence-electron chi connectivity index (χ3n) is 7.51. The number of urea groups is 1. The van der Waals surface area contributed by atoms with Gasteiger partial charge in [0.25, 0.3) is 0 Å². The van der Waals surface area contributed by atoms with Crippen molar-refractivity contribution < 1.29 is 9.53 Å². The summed E-state index contributed by atoms with van der Waals surface area (Å²) >= 11 is 1.91. The Morgan fingerprint density at radius 1 is 1.00 bits per heavy atom. The van der Waals surface area contributed by atoms with Crippen molar-refractivity contribution in [3.05, 3.63) is 94.1 Å². The molecule has 0 fully saturated rings. The Balaban J connectivity index is 1.46. The van der Waals surface area contributed by atoms with Crippen molar-refractivity contribution in [1.29, 1.82) is 0 Å². The lowest BCUT2D eigenvalue weighted by atomic mass is 9.95. The summed E-state index contributed by atoms with van der Waals surface area (Å²) < 4.78 is 7.62. The molecule has 0 saturated carbocycles. The van der Waals surface area contributed by atoms with Gasteiger partial charge in [-0.2, -0.15) is 0 Å². The van der Waals surface area contributed by atoms with Crippen LogP contribution in [0.2, 0.25) is 0 Å². The van der Waals surface area contributed by atoms with Crippen molar-refractivity contribution in [1.82, 2.24) is 9.47 Å². The van der Waals surface area contributed by atoms with Gasteiger partial charge in [-0.15, -0.1) is 11.3 Å². The van der Waals surface area contributed by atoms with Crippen molar-refractivity contribution >= 4 is 28.7 Å². The van der Waals surface area contributed by atoms with E-state index in [1.54, 1.807) is 7.11 Å². The SMILES string of the molecule is COc1ccc(NC(=O)N2Cc3c(sc4c3CCCC4)-n3cccc3[C@H]2c2ccc(N(C)C)cc2)cc1. The van der Waals surface area contributed by atoms with Crippen LogP contribution in [0.3, 0.4) is 0 Å². The Morgan fingerprint density at radius 2 is 1.76 bits per heavy atom. The van der Waals surface area contributed by atoms with Crippen LogP contribution < -0.4 is 15.0 Å². The number of rotatable bonds is 4. The predicted octanol–water partition coefficient (Wildman–Crippen LogP) is 6.63. The lowest BCUT2D eigenvalue weighted by Gasteiger charge is -2.31. The zero-order valence-electron chi connectivity index (χ0n) is 21.5. The molecule has 1 atom stereocenters. The number of methoxy groups -OCH3 is 1. The number of carbonyl (C=O) groups is 1. The zero-order chi connectivity index (χ0) is 25.5. The summed E-state index contributed by atoms with van der Waals surface area (Å²) in [7, 11) is 5.73. The number of thiophene rings is 1. The number of benzene rings is 2. The summed E-state index contributed by atoms with van der Waals surface area (Å²) in [5.74, 6) is 0.763. The van der Waals surface area contributed by atoms with Gasteiger partial charge in [-0.3, -0.25) is 0 Å². The van der Waals surface area contributed by atoms with Gasteiger partial charge in [-0.25, -0.2) is 4.79 Å². The third-order valence-corrected chi connectivity index (χ3v) is 8.84. The van der Waals surface area contributed by atoms with Gasteiger partial charge in [0, 0.05) is 42.1 Å². The maximum absolute atomic E-state index is 14.0. The molecular weight excluding hydrogens is 480 g/mol. The predicted molar refractivity (Wildman–Crippen MR) is 150 cm³/mol. The molecule has 0 spiro atoms. The number of amides is 2. The number of carbonyl (C=O) groups excluding carboxylic acids is 1. The Morgan fingerprint density at radius 3 is 2.49 bits per heavy atom. The zero-order valence-corrected chi connectivity index (χ0v) is 22.3. The minimum Gasteiger partial charge on any atom is -0.497 e. The molecule has 2 amide bonds. The van der Waals surface area contributed by atoms with Crippen LogP contribution in [0.15, 0.2) is 66.9 Å². The summed E-state index contributed by atoms with van der Waals surface area (Å²) in [6, 6.07) is 20.0. The lowest BCUT2D eigenvalue weighted by Crippen LogP contribution is -2.38. The highest BCUT2D eigenvalue weighted by atomic mass is 32.1. The minimum atomic E-state index is -0.219. The van der Waals surface area contributed by atoms with Crippen LogP contribution in [-0.2, 0) is 19.4 Å². The normalized spacial score (nSPS) is 16.3. The van der Waals surface area contributed by atoms with Crippen LogP contribution in [-0.4, -0.2) is 36.7 Å². The third kappa shape index (κ3) is 4.27. The number of hydrogen-bond donors (Lipinski definition) is 1. The number of hydrogen-bond acceptors (Lipinski definition) is 4. The highest BCUT2D eigenvalue weighted by Gasteiger charge is 2.36. The van der Waals surface area contributed by atoms with E-state index in [4.69, 9.17) is 4.74 Å². The van der Waals surface area contributed by atoms with Crippen LogP contribution in [0.4, 0.5) is 16.2 Å². The average molecular weight is 513 g/mol. The van der Waals surface area contributed by atoms with Gasteiger partial charge < -0.3 is 24.4 Å². The summed E-state index contributed by atoms with van der Waals surface area (Å²) in [4.78, 5) is 19.6. The van der Waals surface area contributed by atoms with Gasteiger partial charge in [-0.05, 0) is 85.3 Å². The van der Waals surface area contributed by atoms with Crippen molar-refractivity contribution in [2.75, 3.05) is 31.4 Å². The fourth-order valence-corrected chi connectivity index (χ4v) is 6.97. The number of aryl methyl sites for hydroxylation is 1. The van der Waals surface area contributed by atoms with E-state index in [1.807, 2.05) is 54.6 Å². The Bertz CT molecular complexity index is 1420. The first-order valence-corrected chi connectivity index (χ1v) is 13.6. The van der Waals surface area contributed by atoms with Crippen molar-refractivity contribution in [3.8, 4) is 10.8 Å². The second-order valence-electron chi connectivity index (χ2n) is 9.97. The van der Waals surface area contributed by atoms with Gasteiger partial charge in [0.2, 0.25) is 0 Å². The van der Waals surface area contributed by atoms with Crippen LogP contribution >= 0.6 is 11.3 Å². The van der Waals surface area contributed by atoms with Gasteiger partial charge in [0.15, 0.2) is 0 Å². The number of nitrogens with one attached hydrogen (secondary N) is 1.